The molecule has 0 aliphatic heterocycles. The van der Waals surface area contributed by atoms with Gasteiger partial charge in [-0.05, 0) is 41.1 Å². The van der Waals surface area contributed by atoms with Crippen LogP contribution in [0.2, 0.25) is 0 Å². The van der Waals surface area contributed by atoms with Crippen molar-refractivity contribution in [3.63, 3.8) is 0 Å². The molecule has 1 aromatic rings. The molecule has 0 aliphatic carbocycles. The zero-order chi connectivity index (χ0) is 14.5. The van der Waals surface area contributed by atoms with E-state index in [-0.39, 0.29) is 23.4 Å². The number of esters is 1. The summed E-state index contributed by atoms with van der Waals surface area (Å²) in [5.74, 6) is -0.736. The van der Waals surface area contributed by atoms with Crippen LogP contribution in [0, 0.1) is 0 Å². The quantitative estimate of drug-likeness (QED) is 0.770. The summed E-state index contributed by atoms with van der Waals surface area (Å²) in [5.41, 5.74) is 0. The summed E-state index contributed by atoms with van der Waals surface area (Å²) in [5, 5.41) is 0. The summed E-state index contributed by atoms with van der Waals surface area (Å²) in [4.78, 5) is 11.0. The van der Waals surface area contributed by atoms with Crippen LogP contribution in [0.4, 0.5) is 13.2 Å². The van der Waals surface area contributed by atoms with E-state index in [9.17, 15) is 18.0 Å². The van der Waals surface area contributed by atoms with Gasteiger partial charge in [0.25, 0.3) is 0 Å². The fourth-order valence-corrected chi connectivity index (χ4v) is 1.56. The summed E-state index contributed by atoms with van der Waals surface area (Å²) in [6, 6.07) is 3.60. The van der Waals surface area contributed by atoms with Gasteiger partial charge < -0.3 is 14.2 Å². The Balaban J connectivity index is 2.64. The highest BCUT2D eigenvalue weighted by molar-refractivity contribution is 9.10. The van der Waals surface area contributed by atoms with Crippen LogP contribution in [0.15, 0.2) is 22.7 Å². The molecule has 8 heteroatoms. The maximum Gasteiger partial charge on any atom is 0.573 e. The Morgan fingerprint density at radius 3 is 2.58 bits per heavy atom. The first-order chi connectivity index (χ1) is 8.81. The molecule has 0 bridgehead atoms. The zero-order valence-corrected chi connectivity index (χ0v) is 11.4. The van der Waals surface area contributed by atoms with Crippen LogP contribution in [0.25, 0.3) is 0 Å². The standard InChI is InChI=1S/C11H10BrF3O4/c1-2-17-10(16)6-18-7-3-4-9(8(12)5-7)19-11(13,14)15/h3-5H,2,6H2,1H3. The number of halogens is 4. The van der Waals surface area contributed by atoms with E-state index in [0.29, 0.717) is 0 Å². The fraction of sp³-hybridized carbons (Fsp3) is 0.364. The first-order valence-electron chi connectivity index (χ1n) is 5.15. The van der Waals surface area contributed by atoms with Crippen molar-refractivity contribution in [2.45, 2.75) is 13.3 Å². The first kappa shape index (κ1) is 15.6. The van der Waals surface area contributed by atoms with Crippen molar-refractivity contribution in [2.24, 2.45) is 0 Å². The second-order valence-corrected chi connectivity index (χ2v) is 4.09. The van der Waals surface area contributed by atoms with Crippen LogP contribution in [-0.4, -0.2) is 25.5 Å². The van der Waals surface area contributed by atoms with Gasteiger partial charge in [0.15, 0.2) is 6.61 Å². The SMILES string of the molecule is CCOC(=O)COc1ccc(OC(F)(F)F)c(Br)c1. The molecule has 0 N–H and O–H groups in total. The lowest BCUT2D eigenvalue weighted by Crippen LogP contribution is -2.17. The topological polar surface area (TPSA) is 44.8 Å². The molecule has 0 aliphatic rings. The molecule has 106 valence electrons. The number of alkyl halides is 3. The van der Waals surface area contributed by atoms with E-state index >= 15 is 0 Å². The molecule has 1 aromatic carbocycles. The minimum atomic E-state index is -4.77. The second-order valence-electron chi connectivity index (χ2n) is 3.23. The van der Waals surface area contributed by atoms with Crippen LogP contribution in [0.5, 0.6) is 11.5 Å². The fourth-order valence-electron chi connectivity index (χ4n) is 1.12. The second kappa shape index (κ2) is 6.65. The molecular formula is C11H10BrF3O4. The van der Waals surface area contributed by atoms with E-state index in [0.717, 1.165) is 6.07 Å². The number of rotatable bonds is 5. The molecule has 1 rings (SSSR count). The van der Waals surface area contributed by atoms with Crippen molar-refractivity contribution < 1.29 is 32.2 Å². The normalized spacial score (nSPS) is 11.0. The number of carbonyl (C=O) groups is 1. The monoisotopic (exact) mass is 342 g/mol. The van der Waals surface area contributed by atoms with Gasteiger partial charge in [-0.3, -0.25) is 0 Å². The van der Waals surface area contributed by atoms with E-state index in [1.54, 1.807) is 6.92 Å². The molecule has 0 saturated heterocycles. The van der Waals surface area contributed by atoms with E-state index < -0.39 is 18.1 Å². The van der Waals surface area contributed by atoms with Crippen molar-refractivity contribution >= 4 is 21.9 Å². The molecule has 0 atom stereocenters. The molecule has 4 nitrogen and oxygen atoms in total. The molecular weight excluding hydrogens is 333 g/mol. The smallest absolute Gasteiger partial charge is 0.482 e. The Morgan fingerprint density at radius 1 is 1.37 bits per heavy atom. The Labute approximate surface area is 115 Å². The van der Waals surface area contributed by atoms with E-state index in [2.05, 4.69) is 25.4 Å². The third-order valence-corrected chi connectivity index (χ3v) is 2.41. The van der Waals surface area contributed by atoms with Crippen LogP contribution in [0.1, 0.15) is 6.92 Å². The lowest BCUT2D eigenvalue weighted by molar-refractivity contribution is -0.274. The molecule has 0 radical (unpaired) electrons. The Hall–Kier alpha value is -1.44. The maximum atomic E-state index is 12.0. The van der Waals surface area contributed by atoms with Crippen molar-refractivity contribution in [1.82, 2.24) is 0 Å². The number of hydrogen-bond acceptors (Lipinski definition) is 4. The van der Waals surface area contributed by atoms with Crippen LogP contribution < -0.4 is 9.47 Å². The molecule has 0 spiro atoms. The molecule has 0 aromatic heterocycles. The van der Waals surface area contributed by atoms with Crippen LogP contribution >= 0.6 is 15.9 Å². The molecule has 0 saturated carbocycles. The average Bonchev–Trinajstić information content (AvgIpc) is 2.28. The highest BCUT2D eigenvalue weighted by Gasteiger charge is 2.32. The van der Waals surface area contributed by atoms with Gasteiger partial charge in [0, 0.05) is 0 Å². The number of hydrogen-bond donors (Lipinski definition) is 0. The van der Waals surface area contributed by atoms with Gasteiger partial charge in [-0.1, -0.05) is 0 Å². The van der Waals surface area contributed by atoms with Crippen molar-refractivity contribution in [3.05, 3.63) is 22.7 Å². The molecule has 19 heavy (non-hydrogen) atoms. The third kappa shape index (κ3) is 5.82. The Morgan fingerprint density at radius 2 is 2.05 bits per heavy atom. The Kier molecular flexibility index (Phi) is 5.46. The predicted octanol–water partition coefficient (Wildman–Crippen LogP) is 3.29. The molecule has 0 fully saturated rings. The van der Waals surface area contributed by atoms with Crippen molar-refractivity contribution in [1.29, 1.82) is 0 Å². The first-order valence-corrected chi connectivity index (χ1v) is 5.95. The van der Waals surface area contributed by atoms with Crippen LogP contribution in [-0.2, 0) is 9.53 Å². The van der Waals surface area contributed by atoms with Gasteiger partial charge in [0.1, 0.15) is 11.5 Å². The van der Waals surface area contributed by atoms with Gasteiger partial charge >= 0.3 is 12.3 Å². The highest BCUT2D eigenvalue weighted by Crippen LogP contribution is 2.33. The van der Waals surface area contributed by atoms with E-state index in [1.165, 1.54) is 12.1 Å². The van der Waals surface area contributed by atoms with E-state index in [1.807, 2.05) is 0 Å². The van der Waals surface area contributed by atoms with Gasteiger partial charge in [-0.2, -0.15) is 0 Å². The van der Waals surface area contributed by atoms with Gasteiger partial charge in [-0.25, -0.2) is 4.79 Å². The average molecular weight is 343 g/mol. The maximum absolute atomic E-state index is 12.0. The van der Waals surface area contributed by atoms with Gasteiger partial charge in [-0.15, -0.1) is 13.2 Å². The lowest BCUT2D eigenvalue weighted by Gasteiger charge is -2.12. The predicted molar refractivity (Wildman–Crippen MR) is 63.0 cm³/mol. The van der Waals surface area contributed by atoms with Gasteiger partial charge in [0.05, 0.1) is 11.1 Å². The third-order valence-electron chi connectivity index (χ3n) is 1.79. The number of benzene rings is 1. The number of carbonyl (C=O) groups excluding carboxylic acids is 1. The summed E-state index contributed by atoms with van der Waals surface area (Å²) in [7, 11) is 0. The van der Waals surface area contributed by atoms with Crippen LogP contribution in [0.3, 0.4) is 0 Å². The van der Waals surface area contributed by atoms with Gasteiger partial charge in [0.2, 0.25) is 0 Å². The number of ether oxygens (including phenoxy) is 3. The summed E-state index contributed by atoms with van der Waals surface area (Å²) in [6.45, 7) is 1.56. The van der Waals surface area contributed by atoms with E-state index in [4.69, 9.17) is 4.74 Å². The molecule has 0 heterocycles. The summed E-state index contributed by atoms with van der Waals surface area (Å²) < 4.78 is 49.6. The lowest BCUT2D eigenvalue weighted by atomic mass is 10.3. The summed E-state index contributed by atoms with van der Waals surface area (Å²) in [6.07, 6.45) is -4.77. The highest BCUT2D eigenvalue weighted by atomic mass is 79.9. The molecule has 0 unspecified atom stereocenters. The molecule has 0 amide bonds. The van der Waals surface area contributed by atoms with Crippen molar-refractivity contribution in [2.75, 3.05) is 13.2 Å². The minimum Gasteiger partial charge on any atom is -0.482 e. The zero-order valence-electron chi connectivity index (χ0n) is 9.79. The Bertz CT molecular complexity index is 448. The minimum absolute atomic E-state index is 0.0613. The van der Waals surface area contributed by atoms with Crippen molar-refractivity contribution in [3.8, 4) is 11.5 Å². The largest absolute Gasteiger partial charge is 0.573 e. The summed E-state index contributed by atoms with van der Waals surface area (Å²) >= 11 is 2.92.